The van der Waals surface area contributed by atoms with Gasteiger partial charge in [-0.3, -0.25) is 9.59 Å². The topological polar surface area (TPSA) is 137 Å². The lowest BCUT2D eigenvalue weighted by molar-refractivity contribution is -0.143. The molecular formula is C20H24F5N7O4. The van der Waals surface area contributed by atoms with Crippen LogP contribution in [0.1, 0.15) is 24.5 Å². The molecule has 0 aliphatic carbocycles. The van der Waals surface area contributed by atoms with Gasteiger partial charge < -0.3 is 25.0 Å². The Labute approximate surface area is 201 Å². The Morgan fingerprint density at radius 3 is 2.39 bits per heavy atom. The van der Waals surface area contributed by atoms with Crippen molar-refractivity contribution in [2.75, 3.05) is 49.6 Å². The summed E-state index contributed by atoms with van der Waals surface area (Å²) in [6.07, 6.45) is -6.16. The molecule has 0 bridgehead atoms. The minimum absolute atomic E-state index is 0.172. The van der Waals surface area contributed by atoms with Crippen molar-refractivity contribution >= 4 is 17.5 Å². The summed E-state index contributed by atoms with van der Waals surface area (Å²) in [4.78, 5) is 34.9. The summed E-state index contributed by atoms with van der Waals surface area (Å²) in [6, 6.07) is -0.711. The Balaban J connectivity index is 1.44. The second-order valence-corrected chi connectivity index (χ2v) is 8.01. The number of nitrogens with one attached hydrogen (secondary N) is 2. The number of ether oxygens (including phenoxy) is 1. The van der Waals surface area contributed by atoms with E-state index in [4.69, 9.17) is 4.74 Å². The Bertz CT molecular complexity index is 1080. The van der Waals surface area contributed by atoms with E-state index in [0.29, 0.717) is 13.1 Å². The molecule has 1 aliphatic heterocycles. The number of aliphatic hydroxyl groups excluding tert-OH is 1. The fraction of sp³-hybridized carbons (Fsp3) is 0.550. The molecule has 0 unspecified atom stereocenters. The number of aromatic amines is 1. The number of anilines is 2. The third-order valence-electron chi connectivity index (χ3n) is 5.25. The van der Waals surface area contributed by atoms with Gasteiger partial charge >= 0.3 is 6.18 Å². The molecule has 3 rings (SSSR count). The van der Waals surface area contributed by atoms with Crippen molar-refractivity contribution in [3.05, 3.63) is 40.1 Å². The maximum atomic E-state index is 13.1. The predicted octanol–water partition coefficient (Wildman–Crippen LogP) is 1.04. The highest BCUT2D eigenvalue weighted by Gasteiger charge is 2.37. The number of hydrogen-bond acceptors (Lipinski definition) is 9. The smallest absolute Gasteiger partial charge is 0.381 e. The second-order valence-electron chi connectivity index (χ2n) is 8.01. The molecule has 1 aliphatic rings. The highest BCUT2D eigenvalue weighted by molar-refractivity contribution is 5.81. The maximum Gasteiger partial charge on any atom is 0.423 e. The van der Waals surface area contributed by atoms with Crippen LogP contribution >= 0.6 is 0 Å². The molecular weight excluding hydrogens is 497 g/mol. The van der Waals surface area contributed by atoms with Gasteiger partial charge in [0.05, 0.1) is 30.7 Å². The van der Waals surface area contributed by atoms with E-state index < -0.39 is 54.1 Å². The van der Waals surface area contributed by atoms with Gasteiger partial charge in [0.1, 0.15) is 5.56 Å². The fourth-order valence-electron chi connectivity index (χ4n) is 3.47. The van der Waals surface area contributed by atoms with Crippen LogP contribution in [-0.2, 0) is 15.7 Å². The van der Waals surface area contributed by atoms with E-state index in [0.717, 1.165) is 18.6 Å². The van der Waals surface area contributed by atoms with Gasteiger partial charge in [-0.15, -0.1) is 0 Å². The molecule has 36 heavy (non-hydrogen) atoms. The molecule has 0 saturated carbocycles. The van der Waals surface area contributed by atoms with E-state index in [-0.39, 0.29) is 31.2 Å². The quantitative estimate of drug-likeness (QED) is 0.414. The zero-order chi connectivity index (χ0) is 26.5. The third kappa shape index (κ3) is 6.84. The minimum Gasteiger partial charge on any atom is -0.381 e. The molecule has 16 heteroatoms. The summed E-state index contributed by atoms with van der Waals surface area (Å²) < 4.78 is 69.9. The average molecular weight is 521 g/mol. The highest BCUT2D eigenvalue weighted by atomic mass is 19.4. The molecule has 1 amide bonds. The average Bonchev–Trinajstić information content (AvgIpc) is 2.83. The van der Waals surface area contributed by atoms with Crippen molar-refractivity contribution in [2.45, 2.75) is 31.7 Å². The van der Waals surface area contributed by atoms with Crippen LogP contribution < -0.4 is 15.8 Å². The van der Waals surface area contributed by atoms with Gasteiger partial charge in [0.2, 0.25) is 5.95 Å². The molecule has 2 aromatic heterocycles. The largest absolute Gasteiger partial charge is 0.423 e. The van der Waals surface area contributed by atoms with Crippen LogP contribution in [-0.4, -0.2) is 87.6 Å². The molecule has 0 radical (unpaired) electrons. The summed E-state index contributed by atoms with van der Waals surface area (Å²) in [5, 5.41) is 17.8. The standard InChI is InChI=1S/C20H24F5N7O4/c1-11(29-13-8-28-30-17(34)15(13)20(23,24)25)9-36-10-14(33)18(35)31-2-4-32(5-3-31)19-26-6-12(7-27-19)16(21)22/h6-8,11,14,16,33H,2-5,9-10H2,1H3,(H2,29,30,34)/t11-,14+/m0/s1. The van der Waals surface area contributed by atoms with E-state index in [1.807, 2.05) is 0 Å². The van der Waals surface area contributed by atoms with E-state index in [9.17, 15) is 36.6 Å². The van der Waals surface area contributed by atoms with Crippen LogP contribution in [0.25, 0.3) is 0 Å². The first-order valence-corrected chi connectivity index (χ1v) is 10.8. The zero-order valence-corrected chi connectivity index (χ0v) is 19.0. The van der Waals surface area contributed by atoms with Gasteiger partial charge in [0.25, 0.3) is 17.9 Å². The summed E-state index contributed by atoms with van der Waals surface area (Å²) in [6.45, 7) is 2.01. The van der Waals surface area contributed by atoms with Gasteiger partial charge in [-0.1, -0.05) is 0 Å². The van der Waals surface area contributed by atoms with Crippen LogP contribution in [0.3, 0.4) is 0 Å². The number of rotatable bonds is 9. The summed E-state index contributed by atoms with van der Waals surface area (Å²) in [5.74, 6) is -0.344. The number of H-pyrrole nitrogens is 1. The number of amides is 1. The van der Waals surface area contributed by atoms with Gasteiger partial charge in [0, 0.05) is 44.6 Å². The van der Waals surface area contributed by atoms with Crippen LogP contribution in [0.4, 0.5) is 33.6 Å². The lowest BCUT2D eigenvalue weighted by atomic mass is 10.2. The van der Waals surface area contributed by atoms with Gasteiger partial charge in [-0.25, -0.2) is 23.8 Å². The Morgan fingerprint density at radius 2 is 1.81 bits per heavy atom. The Hall–Kier alpha value is -3.40. The number of hydrogen-bond donors (Lipinski definition) is 3. The summed E-state index contributed by atoms with van der Waals surface area (Å²) in [7, 11) is 0. The van der Waals surface area contributed by atoms with Gasteiger partial charge in [0.15, 0.2) is 6.10 Å². The van der Waals surface area contributed by atoms with Crippen LogP contribution in [0, 0.1) is 0 Å². The van der Waals surface area contributed by atoms with Crippen molar-refractivity contribution < 1.29 is 36.6 Å². The highest BCUT2D eigenvalue weighted by Crippen LogP contribution is 2.31. The number of halogens is 5. The Morgan fingerprint density at radius 1 is 1.17 bits per heavy atom. The lowest BCUT2D eigenvalue weighted by Crippen LogP contribution is -2.52. The SMILES string of the molecule is C[C@@H](COC[C@@H](O)C(=O)N1CCN(c2ncc(C(F)F)cn2)CC1)Nc1cn[nH]c(=O)c1C(F)(F)F. The van der Waals surface area contributed by atoms with Gasteiger partial charge in [-0.05, 0) is 6.92 Å². The first-order valence-electron chi connectivity index (χ1n) is 10.8. The third-order valence-corrected chi connectivity index (χ3v) is 5.25. The van der Waals surface area contributed by atoms with Crippen molar-refractivity contribution in [1.82, 2.24) is 25.1 Å². The lowest BCUT2D eigenvalue weighted by Gasteiger charge is -2.35. The number of carbonyl (C=O) groups excluding carboxylic acids is 1. The second kappa shape index (κ2) is 11.6. The molecule has 11 nitrogen and oxygen atoms in total. The van der Waals surface area contributed by atoms with Crippen LogP contribution in [0.2, 0.25) is 0 Å². The van der Waals surface area contributed by atoms with Crippen molar-refractivity contribution in [3.63, 3.8) is 0 Å². The van der Waals surface area contributed by atoms with Crippen LogP contribution in [0.5, 0.6) is 0 Å². The molecule has 2 aromatic rings. The maximum absolute atomic E-state index is 13.1. The number of aromatic nitrogens is 4. The molecule has 198 valence electrons. The molecule has 3 heterocycles. The Kier molecular flexibility index (Phi) is 8.73. The van der Waals surface area contributed by atoms with E-state index in [2.05, 4.69) is 20.4 Å². The number of nitrogens with zero attached hydrogens (tertiary/aromatic N) is 5. The van der Waals surface area contributed by atoms with E-state index >= 15 is 0 Å². The fourth-order valence-corrected chi connectivity index (χ4v) is 3.47. The van der Waals surface area contributed by atoms with Gasteiger partial charge in [-0.2, -0.15) is 18.3 Å². The first-order chi connectivity index (χ1) is 17.0. The predicted molar refractivity (Wildman–Crippen MR) is 116 cm³/mol. The molecule has 2 atom stereocenters. The van der Waals surface area contributed by atoms with E-state index in [1.54, 1.807) is 10.00 Å². The number of alkyl halides is 5. The molecule has 1 saturated heterocycles. The first kappa shape index (κ1) is 27.2. The summed E-state index contributed by atoms with van der Waals surface area (Å²) >= 11 is 0. The van der Waals surface area contributed by atoms with E-state index in [1.165, 1.54) is 11.8 Å². The number of aliphatic hydroxyl groups is 1. The summed E-state index contributed by atoms with van der Waals surface area (Å²) in [5.41, 5.74) is -3.63. The molecule has 1 fully saturated rings. The van der Waals surface area contributed by atoms with Crippen molar-refractivity contribution in [3.8, 4) is 0 Å². The number of carbonyl (C=O) groups is 1. The molecule has 3 N–H and O–H groups in total. The van der Waals surface area contributed by atoms with Crippen molar-refractivity contribution in [1.29, 1.82) is 0 Å². The zero-order valence-electron chi connectivity index (χ0n) is 19.0. The minimum atomic E-state index is -4.90. The molecule has 0 aromatic carbocycles. The monoisotopic (exact) mass is 521 g/mol. The number of piperazine rings is 1. The van der Waals surface area contributed by atoms with Crippen LogP contribution in [0.15, 0.2) is 23.4 Å². The van der Waals surface area contributed by atoms with Crippen molar-refractivity contribution in [2.24, 2.45) is 0 Å². The molecule has 0 spiro atoms. The normalized spacial score (nSPS) is 16.2.